The first kappa shape index (κ1) is 11.4. The Morgan fingerprint density at radius 2 is 1.92 bits per heavy atom. The summed E-state index contributed by atoms with van der Waals surface area (Å²) < 4.78 is 14.4. The van der Waals surface area contributed by atoms with Crippen molar-refractivity contribution in [3.63, 3.8) is 0 Å². The van der Waals surface area contributed by atoms with Gasteiger partial charge in [-0.1, -0.05) is 0 Å². The van der Waals surface area contributed by atoms with E-state index in [2.05, 4.69) is 4.74 Å². The second-order valence-electron chi connectivity index (χ2n) is 2.59. The van der Waals surface area contributed by atoms with Crippen molar-refractivity contribution in [2.45, 2.75) is 20.0 Å². The van der Waals surface area contributed by atoms with Crippen LogP contribution in [0.2, 0.25) is 0 Å². The number of carbonyl (C=O) groups is 1. The topological polar surface area (TPSA) is 44.8 Å². The summed E-state index contributed by atoms with van der Waals surface area (Å²) in [5.74, 6) is -0.524. The SMILES string of the molecule is COCO[C@@H](C)[C@@H](C)C(=O)OC. The van der Waals surface area contributed by atoms with Gasteiger partial charge in [0.05, 0.1) is 19.1 Å². The summed E-state index contributed by atoms with van der Waals surface area (Å²) in [6, 6.07) is 0. The molecule has 0 radical (unpaired) electrons. The van der Waals surface area contributed by atoms with Gasteiger partial charge in [-0.3, -0.25) is 4.79 Å². The highest BCUT2D eigenvalue weighted by atomic mass is 16.7. The molecular weight excluding hydrogens is 160 g/mol. The molecule has 0 bridgehead atoms. The van der Waals surface area contributed by atoms with Gasteiger partial charge in [0.2, 0.25) is 0 Å². The van der Waals surface area contributed by atoms with E-state index in [1.54, 1.807) is 13.8 Å². The summed E-state index contributed by atoms with van der Waals surface area (Å²) >= 11 is 0. The molecule has 0 unspecified atom stereocenters. The van der Waals surface area contributed by atoms with Gasteiger partial charge in [0.1, 0.15) is 6.79 Å². The van der Waals surface area contributed by atoms with Crippen LogP contribution in [0, 0.1) is 5.92 Å². The van der Waals surface area contributed by atoms with E-state index < -0.39 is 0 Å². The van der Waals surface area contributed by atoms with Crippen LogP contribution in [0.5, 0.6) is 0 Å². The maximum atomic E-state index is 11.0. The molecule has 2 atom stereocenters. The molecule has 12 heavy (non-hydrogen) atoms. The summed E-state index contributed by atoms with van der Waals surface area (Å²) in [6.07, 6.45) is -0.183. The number of carbonyl (C=O) groups excluding carboxylic acids is 1. The van der Waals surface area contributed by atoms with Gasteiger partial charge in [-0.2, -0.15) is 0 Å². The van der Waals surface area contributed by atoms with Crippen LogP contribution in [0.1, 0.15) is 13.8 Å². The van der Waals surface area contributed by atoms with E-state index in [0.29, 0.717) is 0 Å². The molecule has 0 saturated heterocycles. The molecule has 0 rings (SSSR count). The molecule has 0 aromatic heterocycles. The van der Waals surface area contributed by atoms with Crippen molar-refractivity contribution in [3.8, 4) is 0 Å². The van der Waals surface area contributed by atoms with Gasteiger partial charge >= 0.3 is 5.97 Å². The number of ether oxygens (including phenoxy) is 3. The third-order valence-electron chi connectivity index (χ3n) is 1.73. The minimum atomic E-state index is -0.265. The predicted molar refractivity (Wildman–Crippen MR) is 43.6 cm³/mol. The molecule has 0 aromatic rings. The standard InChI is InChI=1S/C8H16O4/c1-6(8(9)11-4)7(2)12-5-10-3/h6-7H,5H2,1-4H3/t6-,7+/m1/s1. The van der Waals surface area contributed by atoms with Gasteiger partial charge in [0.25, 0.3) is 0 Å². The fourth-order valence-corrected chi connectivity index (χ4v) is 0.697. The lowest BCUT2D eigenvalue weighted by Crippen LogP contribution is -2.27. The number of hydrogen-bond acceptors (Lipinski definition) is 4. The Morgan fingerprint density at radius 3 is 2.33 bits per heavy atom. The predicted octanol–water partition coefficient (Wildman–Crippen LogP) is 0.804. The van der Waals surface area contributed by atoms with E-state index in [4.69, 9.17) is 9.47 Å². The monoisotopic (exact) mass is 176 g/mol. The van der Waals surface area contributed by atoms with Crippen molar-refractivity contribution in [2.24, 2.45) is 5.92 Å². The Bertz CT molecular complexity index is 135. The van der Waals surface area contributed by atoms with E-state index in [9.17, 15) is 4.79 Å². The van der Waals surface area contributed by atoms with Crippen molar-refractivity contribution in [1.82, 2.24) is 0 Å². The van der Waals surface area contributed by atoms with E-state index in [1.807, 2.05) is 0 Å². The highest BCUT2D eigenvalue weighted by Crippen LogP contribution is 2.08. The van der Waals surface area contributed by atoms with Gasteiger partial charge in [-0.05, 0) is 13.8 Å². The van der Waals surface area contributed by atoms with Crippen molar-refractivity contribution in [1.29, 1.82) is 0 Å². The molecule has 0 aliphatic carbocycles. The molecule has 4 nitrogen and oxygen atoms in total. The summed E-state index contributed by atoms with van der Waals surface area (Å²) in [5, 5.41) is 0. The molecule has 0 aliphatic heterocycles. The average Bonchev–Trinajstić information content (AvgIpc) is 2.11. The third-order valence-corrected chi connectivity index (χ3v) is 1.73. The van der Waals surface area contributed by atoms with Gasteiger partial charge < -0.3 is 14.2 Å². The number of methoxy groups -OCH3 is 2. The minimum Gasteiger partial charge on any atom is -0.469 e. The number of rotatable bonds is 5. The van der Waals surface area contributed by atoms with E-state index in [0.717, 1.165) is 0 Å². The second-order valence-corrected chi connectivity index (χ2v) is 2.59. The lowest BCUT2D eigenvalue weighted by atomic mass is 10.1. The first-order chi connectivity index (χ1) is 5.63. The van der Waals surface area contributed by atoms with Crippen LogP contribution < -0.4 is 0 Å². The largest absolute Gasteiger partial charge is 0.469 e. The van der Waals surface area contributed by atoms with Gasteiger partial charge in [-0.15, -0.1) is 0 Å². The van der Waals surface area contributed by atoms with Crippen LogP contribution in [-0.2, 0) is 19.0 Å². The molecule has 4 heteroatoms. The Morgan fingerprint density at radius 1 is 1.33 bits per heavy atom. The highest BCUT2D eigenvalue weighted by molar-refractivity contribution is 5.72. The summed E-state index contributed by atoms with van der Waals surface area (Å²) in [7, 11) is 2.90. The van der Waals surface area contributed by atoms with Crippen molar-refractivity contribution < 1.29 is 19.0 Å². The Labute approximate surface area is 72.8 Å². The highest BCUT2D eigenvalue weighted by Gasteiger charge is 2.20. The molecule has 0 amide bonds. The quantitative estimate of drug-likeness (QED) is 0.459. The molecule has 72 valence electrons. The summed E-state index contributed by atoms with van der Waals surface area (Å²) in [6.45, 7) is 3.76. The van der Waals surface area contributed by atoms with Crippen molar-refractivity contribution >= 4 is 5.97 Å². The van der Waals surface area contributed by atoms with E-state index >= 15 is 0 Å². The van der Waals surface area contributed by atoms with Crippen LogP contribution in [0.15, 0.2) is 0 Å². The maximum absolute atomic E-state index is 11.0. The van der Waals surface area contributed by atoms with E-state index in [1.165, 1.54) is 14.2 Å². The first-order valence-corrected chi connectivity index (χ1v) is 3.81. The van der Waals surface area contributed by atoms with Gasteiger partial charge in [0.15, 0.2) is 0 Å². The minimum absolute atomic E-state index is 0.183. The van der Waals surface area contributed by atoms with Crippen molar-refractivity contribution in [3.05, 3.63) is 0 Å². The van der Waals surface area contributed by atoms with Gasteiger partial charge in [-0.25, -0.2) is 0 Å². The van der Waals surface area contributed by atoms with Crippen molar-refractivity contribution in [2.75, 3.05) is 21.0 Å². The van der Waals surface area contributed by atoms with E-state index in [-0.39, 0.29) is 24.8 Å². The second kappa shape index (κ2) is 5.97. The first-order valence-electron chi connectivity index (χ1n) is 3.81. The molecular formula is C8H16O4. The lowest BCUT2D eigenvalue weighted by Gasteiger charge is -2.17. The normalized spacial score (nSPS) is 15.3. The van der Waals surface area contributed by atoms with Gasteiger partial charge in [0, 0.05) is 7.11 Å². The molecule has 0 saturated carbocycles. The van der Waals surface area contributed by atoms with Crippen LogP contribution >= 0.6 is 0 Å². The Kier molecular flexibility index (Phi) is 5.66. The molecule has 0 spiro atoms. The Hall–Kier alpha value is -0.610. The fourth-order valence-electron chi connectivity index (χ4n) is 0.697. The van der Waals surface area contributed by atoms with Crippen LogP contribution in [0.4, 0.5) is 0 Å². The lowest BCUT2D eigenvalue weighted by molar-refractivity contribution is -0.153. The Balaban J connectivity index is 3.75. The zero-order valence-corrected chi connectivity index (χ0v) is 7.99. The molecule has 0 heterocycles. The summed E-state index contributed by atoms with van der Waals surface area (Å²) in [4.78, 5) is 11.0. The zero-order chi connectivity index (χ0) is 9.56. The zero-order valence-electron chi connectivity index (χ0n) is 7.99. The molecule has 0 aliphatic rings. The molecule has 0 fully saturated rings. The smallest absolute Gasteiger partial charge is 0.311 e. The fraction of sp³-hybridized carbons (Fsp3) is 0.875. The van der Waals surface area contributed by atoms with Crippen LogP contribution in [0.3, 0.4) is 0 Å². The number of esters is 1. The summed E-state index contributed by atoms with van der Waals surface area (Å²) in [5.41, 5.74) is 0. The average molecular weight is 176 g/mol. The third kappa shape index (κ3) is 3.69. The van der Waals surface area contributed by atoms with Crippen LogP contribution in [-0.4, -0.2) is 33.1 Å². The molecule has 0 aromatic carbocycles. The maximum Gasteiger partial charge on any atom is 0.311 e. The number of hydrogen-bond donors (Lipinski definition) is 0. The van der Waals surface area contributed by atoms with Crippen LogP contribution in [0.25, 0.3) is 0 Å². The molecule has 0 N–H and O–H groups in total.